The van der Waals surface area contributed by atoms with Crippen LogP contribution in [0, 0.1) is 6.92 Å². The molecule has 1 atom stereocenters. The maximum atomic E-state index is 12.1. The van der Waals surface area contributed by atoms with Crippen LogP contribution in [-0.4, -0.2) is 20.5 Å². The predicted molar refractivity (Wildman–Crippen MR) is 79.0 cm³/mol. The topological polar surface area (TPSA) is 60.4 Å². The van der Waals surface area contributed by atoms with Crippen molar-refractivity contribution < 1.29 is 17.9 Å². The van der Waals surface area contributed by atoms with Gasteiger partial charge in [-0.1, -0.05) is 24.9 Å². The van der Waals surface area contributed by atoms with Crippen LogP contribution in [0.2, 0.25) is 5.02 Å². The standard InChI is InChI=1S/C13H16Cl2O4S/c1-4-5-8(2)19-13(16)11-6-10(14)7-12(9(11)3)20(15,17)18/h6-8H,4-5H2,1-3H3. The minimum Gasteiger partial charge on any atom is -0.459 e. The summed E-state index contributed by atoms with van der Waals surface area (Å²) < 4.78 is 28.2. The van der Waals surface area contributed by atoms with Gasteiger partial charge >= 0.3 is 5.97 Å². The highest BCUT2D eigenvalue weighted by atomic mass is 35.7. The summed E-state index contributed by atoms with van der Waals surface area (Å²) in [5.41, 5.74) is 0.345. The number of hydrogen-bond acceptors (Lipinski definition) is 4. The van der Waals surface area contributed by atoms with E-state index in [4.69, 9.17) is 27.0 Å². The quantitative estimate of drug-likeness (QED) is 0.603. The molecule has 1 rings (SSSR count). The normalized spacial score (nSPS) is 13.1. The van der Waals surface area contributed by atoms with Crippen molar-refractivity contribution in [2.45, 2.75) is 44.6 Å². The number of rotatable bonds is 5. The van der Waals surface area contributed by atoms with E-state index in [1.165, 1.54) is 19.1 Å². The fourth-order valence-corrected chi connectivity index (χ4v) is 3.34. The molecule has 112 valence electrons. The summed E-state index contributed by atoms with van der Waals surface area (Å²) in [6, 6.07) is 2.59. The number of benzene rings is 1. The first-order chi connectivity index (χ1) is 9.16. The molecule has 1 aromatic rings. The highest BCUT2D eigenvalue weighted by molar-refractivity contribution is 8.13. The van der Waals surface area contributed by atoms with Crippen LogP contribution in [0.25, 0.3) is 0 Å². The lowest BCUT2D eigenvalue weighted by Crippen LogP contribution is -2.16. The Kier molecular flexibility index (Phi) is 5.86. The van der Waals surface area contributed by atoms with Gasteiger partial charge < -0.3 is 4.74 Å². The number of esters is 1. The molecule has 1 aromatic carbocycles. The van der Waals surface area contributed by atoms with Gasteiger partial charge in [-0.25, -0.2) is 13.2 Å². The fourth-order valence-electron chi connectivity index (χ4n) is 1.83. The van der Waals surface area contributed by atoms with Gasteiger partial charge in [-0.2, -0.15) is 0 Å². The van der Waals surface area contributed by atoms with Crippen molar-refractivity contribution in [3.8, 4) is 0 Å². The summed E-state index contributed by atoms with van der Waals surface area (Å²) in [6.07, 6.45) is 1.36. The van der Waals surface area contributed by atoms with E-state index >= 15 is 0 Å². The van der Waals surface area contributed by atoms with Crippen molar-refractivity contribution in [3.63, 3.8) is 0 Å². The van der Waals surface area contributed by atoms with Crippen LogP contribution in [-0.2, 0) is 13.8 Å². The molecule has 0 heterocycles. The molecule has 0 amide bonds. The maximum absolute atomic E-state index is 12.1. The first-order valence-corrected chi connectivity index (χ1v) is 8.81. The Morgan fingerprint density at radius 1 is 1.40 bits per heavy atom. The van der Waals surface area contributed by atoms with E-state index in [2.05, 4.69) is 0 Å². The monoisotopic (exact) mass is 338 g/mol. The molecular weight excluding hydrogens is 323 g/mol. The van der Waals surface area contributed by atoms with Crippen molar-refractivity contribution in [2.24, 2.45) is 0 Å². The van der Waals surface area contributed by atoms with Gasteiger partial charge in [0, 0.05) is 15.7 Å². The zero-order valence-corrected chi connectivity index (χ0v) is 13.8. The molecule has 0 aliphatic heterocycles. The molecule has 7 heteroatoms. The Hall–Kier alpha value is -0.780. The molecule has 0 saturated heterocycles. The third-order valence-electron chi connectivity index (χ3n) is 2.81. The average molecular weight is 339 g/mol. The molecule has 4 nitrogen and oxygen atoms in total. The van der Waals surface area contributed by atoms with E-state index < -0.39 is 15.0 Å². The van der Waals surface area contributed by atoms with Crippen molar-refractivity contribution >= 4 is 37.3 Å². The van der Waals surface area contributed by atoms with Crippen LogP contribution in [0.3, 0.4) is 0 Å². The average Bonchev–Trinajstić information content (AvgIpc) is 2.30. The third-order valence-corrected chi connectivity index (χ3v) is 4.48. The molecule has 0 bridgehead atoms. The molecular formula is C13H16Cl2O4S. The number of carbonyl (C=O) groups is 1. The molecule has 0 saturated carbocycles. The fraction of sp³-hybridized carbons (Fsp3) is 0.462. The molecule has 0 N–H and O–H groups in total. The summed E-state index contributed by atoms with van der Waals surface area (Å²) in [7, 11) is 1.36. The smallest absolute Gasteiger partial charge is 0.338 e. The minimum atomic E-state index is -3.97. The van der Waals surface area contributed by atoms with E-state index in [9.17, 15) is 13.2 Å². The molecule has 0 fully saturated rings. The predicted octanol–water partition coefficient (Wildman–Crippen LogP) is 3.92. The van der Waals surface area contributed by atoms with E-state index in [-0.39, 0.29) is 27.1 Å². The molecule has 0 radical (unpaired) electrons. The van der Waals surface area contributed by atoms with Gasteiger partial charge in [0.05, 0.1) is 16.6 Å². The van der Waals surface area contributed by atoms with Crippen LogP contribution in [0.4, 0.5) is 0 Å². The SMILES string of the molecule is CCCC(C)OC(=O)c1cc(Cl)cc(S(=O)(=O)Cl)c1C. The second kappa shape index (κ2) is 6.78. The summed E-state index contributed by atoms with van der Waals surface area (Å²) >= 11 is 5.84. The van der Waals surface area contributed by atoms with Crippen LogP contribution < -0.4 is 0 Å². The van der Waals surface area contributed by atoms with E-state index in [1.807, 2.05) is 6.92 Å². The van der Waals surface area contributed by atoms with Crippen molar-refractivity contribution in [2.75, 3.05) is 0 Å². The molecule has 20 heavy (non-hydrogen) atoms. The molecule has 0 spiro atoms. The molecule has 0 aliphatic carbocycles. The van der Waals surface area contributed by atoms with Gasteiger partial charge in [0.25, 0.3) is 9.05 Å². The molecule has 1 unspecified atom stereocenters. The van der Waals surface area contributed by atoms with Gasteiger partial charge in [0.15, 0.2) is 0 Å². The van der Waals surface area contributed by atoms with Crippen LogP contribution >= 0.6 is 22.3 Å². The molecule has 0 aromatic heterocycles. The zero-order chi connectivity index (χ0) is 15.5. The highest BCUT2D eigenvalue weighted by Gasteiger charge is 2.22. The molecule has 0 aliphatic rings. The summed E-state index contributed by atoms with van der Waals surface area (Å²) in [4.78, 5) is 11.9. The first-order valence-electron chi connectivity index (χ1n) is 6.12. The lowest BCUT2D eigenvalue weighted by atomic mass is 10.1. The number of hydrogen-bond donors (Lipinski definition) is 0. The van der Waals surface area contributed by atoms with Crippen LogP contribution in [0.5, 0.6) is 0 Å². The Morgan fingerprint density at radius 2 is 2.00 bits per heavy atom. The Morgan fingerprint density at radius 3 is 2.50 bits per heavy atom. The van der Waals surface area contributed by atoms with Crippen molar-refractivity contribution in [3.05, 3.63) is 28.3 Å². The minimum absolute atomic E-state index is 0.111. The lowest BCUT2D eigenvalue weighted by Gasteiger charge is -2.14. The van der Waals surface area contributed by atoms with Gasteiger partial charge in [-0.05, 0) is 38.0 Å². The largest absolute Gasteiger partial charge is 0.459 e. The van der Waals surface area contributed by atoms with E-state index in [1.54, 1.807) is 6.92 Å². The van der Waals surface area contributed by atoms with Gasteiger partial charge in [0.2, 0.25) is 0 Å². The Balaban J connectivity index is 3.19. The number of carbonyl (C=O) groups excluding carboxylic acids is 1. The Labute approximate surface area is 128 Å². The maximum Gasteiger partial charge on any atom is 0.338 e. The number of ether oxygens (including phenoxy) is 1. The van der Waals surface area contributed by atoms with Crippen molar-refractivity contribution in [1.29, 1.82) is 0 Å². The second-order valence-electron chi connectivity index (χ2n) is 4.52. The van der Waals surface area contributed by atoms with Gasteiger partial charge in [-0.15, -0.1) is 0 Å². The van der Waals surface area contributed by atoms with Crippen LogP contribution in [0.15, 0.2) is 17.0 Å². The first kappa shape index (κ1) is 17.3. The second-order valence-corrected chi connectivity index (χ2v) is 7.49. The van der Waals surface area contributed by atoms with Gasteiger partial charge in [-0.3, -0.25) is 0 Å². The zero-order valence-electron chi connectivity index (χ0n) is 11.4. The lowest BCUT2D eigenvalue weighted by molar-refractivity contribution is 0.0322. The van der Waals surface area contributed by atoms with Gasteiger partial charge in [0.1, 0.15) is 0 Å². The highest BCUT2D eigenvalue weighted by Crippen LogP contribution is 2.27. The summed E-state index contributed by atoms with van der Waals surface area (Å²) in [6.45, 7) is 5.25. The summed E-state index contributed by atoms with van der Waals surface area (Å²) in [5, 5.41) is 0.116. The van der Waals surface area contributed by atoms with Crippen molar-refractivity contribution in [1.82, 2.24) is 0 Å². The van der Waals surface area contributed by atoms with Crippen LogP contribution in [0.1, 0.15) is 42.6 Å². The third kappa shape index (κ3) is 4.36. The summed E-state index contributed by atoms with van der Waals surface area (Å²) in [5.74, 6) is -0.604. The van der Waals surface area contributed by atoms with E-state index in [0.29, 0.717) is 0 Å². The van der Waals surface area contributed by atoms with E-state index in [0.717, 1.165) is 12.8 Å². The number of halogens is 2. The Bertz CT molecular complexity index is 611.